The summed E-state index contributed by atoms with van der Waals surface area (Å²) in [5, 5.41) is 1.63. The van der Waals surface area contributed by atoms with Crippen LogP contribution in [-0.2, 0) is 4.79 Å². The number of fused-ring (bicyclic) bond motifs is 1. The lowest BCUT2D eigenvalue weighted by Gasteiger charge is -2.34. The van der Waals surface area contributed by atoms with Crippen LogP contribution in [0.4, 0.5) is 0 Å². The molecule has 1 N–H and O–H groups in total. The maximum absolute atomic E-state index is 12.7. The maximum Gasteiger partial charge on any atom is 0.270 e. The van der Waals surface area contributed by atoms with Crippen molar-refractivity contribution in [2.75, 3.05) is 32.8 Å². The first kappa shape index (κ1) is 18.4. The molecule has 0 unspecified atom stereocenters. The summed E-state index contributed by atoms with van der Waals surface area (Å²) in [5.41, 5.74) is 1.52. The Morgan fingerprint density at radius 3 is 2.36 bits per heavy atom. The molecule has 1 fully saturated rings. The van der Waals surface area contributed by atoms with Crippen LogP contribution in [0.5, 0.6) is 5.75 Å². The van der Waals surface area contributed by atoms with E-state index in [0.29, 0.717) is 42.6 Å². The predicted octanol–water partition coefficient (Wildman–Crippen LogP) is 3.18. The van der Waals surface area contributed by atoms with E-state index in [9.17, 15) is 9.59 Å². The largest absolute Gasteiger partial charge is 0.484 e. The van der Waals surface area contributed by atoms with Gasteiger partial charge in [-0.15, -0.1) is 0 Å². The van der Waals surface area contributed by atoms with Gasteiger partial charge in [0.1, 0.15) is 11.4 Å². The number of para-hydroxylation sites is 1. The number of aromatic nitrogens is 1. The van der Waals surface area contributed by atoms with Gasteiger partial charge in [-0.05, 0) is 36.4 Å². The van der Waals surface area contributed by atoms with E-state index in [1.807, 2.05) is 30.3 Å². The van der Waals surface area contributed by atoms with Crippen LogP contribution in [0.2, 0.25) is 5.02 Å². The molecule has 2 heterocycles. The average molecular weight is 398 g/mol. The molecule has 4 rings (SSSR count). The van der Waals surface area contributed by atoms with E-state index in [1.165, 1.54) is 0 Å². The van der Waals surface area contributed by atoms with E-state index < -0.39 is 0 Å². The summed E-state index contributed by atoms with van der Waals surface area (Å²) < 4.78 is 5.52. The van der Waals surface area contributed by atoms with E-state index in [2.05, 4.69) is 4.98 Å². The summed E-state index contributed by atoms with van der Waals surface area (Å²) in [7, 11) is 0. The minimum Gasteiger partial charge on any atom is -0.484 e. The Bertz CT molecular complexity index is 959. The number of hydrogen-bond donors (Lipinski definition) is 1. The number of piperazine rings is 1. The van der Waals surface area contributed by atoms with Gasteiger partial charge in [0.15, 0.2) is 6.61 Å². The highest BCUT2D eigenvalue weighted by Gasteiger charge is 2.25. The number of ether oxygens (including phenoxy) is 1. The van der Waals surface area contributed by atoms with E-state index in [4.69, 9.17) is 16.3 Å². The molecule has 2 amide bonds. The Morgan fingerprint density at radius 2 is 1.64 bits per heavy atom. The number of nitrogens with zero attached hydrogens (tertiary/aromatic N) is 2. The second kappa shape index (κ2) is 7.94. The molecular formula is C21H20ClN3O3. The summed E-state index contributed by atoms with van der Waals surface area (Å²) >= 11 is 5.84. The number of amides is 2. The predicted molar refractivity (Wildman–Crippen MR) is 108 cm³/mol. The zero-order valence-electron chi connectivity index (χ0n) is 15.2. The van der Waals surface area contributed by atoms with Gasteiger partial charge in [-0.1, -0.05) is 29.8 Å². The Kier molecular flexibility index (Phi) is 5.21. The molecule has 144 valence electrons. The number of rotatable bonds is 4. The first-order valence-electron chi connectivity index (χ1n) is 9.13. The second-order valence-electron chi connectivity index (χ2n) is 6.69. The Balaban J connectivity index is 1.30. The molecule has 3 aromatic rings. The maximum atomic E-state index is 12.7. The molecule has 1 aliphatic rings. The molecule has 0 aliphatic carbocycles. The molecule has 6 nitrogen and oxygen atoms in total. The summed E-state index contributed by atoms with van der Waals surface area (Å²) in [5.74, 6) is 0.471. The Hall–Kier alpha value is -2.99. The van der Waals surface area contributed by atoms with Gasteiger partial charge in [-0.3, -0.25) is 9.59 Å². The lowest BCUT2D eigenvalue weighted by molar-refractivity contribution is -0.134. The fourth-order valence-electron chi connectivity index (χ4n) is 3.29. The van der Waals surface area contributed by atoms with Gasteiger partial charge in [0.2, 0.25) is 0 Å². The number of hydrogen-bond acceptors (Lipinski definition) is 3. The Labute approximate surface area is 167 Å². The van der Waals surface area contributed by atoms with Gasteiger partial charge in [-0.25, -0.2) is 0 Å². The molecule has 1 aliphatic heterocycles. The van der Waals surface area contributed by atoms with Crippen molar-refractivity contribution in [2.45, 2.75) is 0 Å². The molecule has 0 bridgehead atoms. The van der Waals surface area contributed by atoms with E-state index in [0.717, 1.165) is 10.9 Å². The number of benzene rings is 2. The molecule has 2 aromatic carbocycles. The van der Waals surface area contributed by atoms with Crippen molar-refractivity contribution in [3.63, 3.8) is 0 Å². The molecule has 1 aromatic heterocycles. The highest BCUT2D eigenvalue weighted by atomic mass is 35.5. The van der Waals surface area contributed by atoms with E-state index in [-0.39, 0.29) is 18.4 Å². The number of aromatic amines is 1. The monoisotopic (exact) mass is 397 g/mol. The molecule has 0 spiro atoms. The summed E-state index contributed by atoms with van der Waals surface area (Å²) in [6.07, 6.45) is 0. The van der Waals surface area contributed by atoms with Crippen molar-refractivity contribution >= 4 is 34.3 Å². The van der Waals surface area contributed by atoms with Crippen molar-refractivity contribution in [1.29, 1.82) is 0 Å². The lowest BCUT2D eigenvalue weighted by atomic mass is 10.2. The van der Waals surface area contributed by atoms with E-state index in [1.54, 1.807) is 34.1 Å². The number of halogens is 1. The summed E-state index contributed by atoms with van der Waals surface area (Å²) in [6.45, 7) is 1.96. The third-order valence-corrected chi connectivity index (χ3v) is 5.11. The number of carbonyl (C=O) groups is 2. The van der Waals surface area contributed by atoms with Gasteiger partial charge in [0.05, 0.1) is 0 Å². The van der Waals surface area contributed by atoms with Crippen LogP contribution >= 0.6 is 11.6 Å². The zero-order valence-corrected chi connectivity index (χ0v) is 16.0. The van der Waals surface area contributed by atoms with Crippen LogP contribution in [0, 0.1) is 0 Å². The van der Waals surface area contributed by atoms with Crippen molar-refractivity contribution in [3.05, 3.63) is 65.3 Å². The first-order valence-corrected chi connectivity index (χ1v) is 9.51. The minimum absolute atomic E-state index is 0.0302. The van der Waals surface area contributed by atoms with Crippen molar-refractivity contribution in [3.8, 4) is 5.75 Å². The molecule has 28 heavy (non-hydrogen) atoms. The first-order chi connectivity index (χ1) is 13.6. The highest BCUT2D eigenvalue weighted by Crippen LogP contribution is 2.18. The van der Waals surface area contributed by atoms with Crippen LogP contribution in [0.25, 0.3) is 10.9 Å². The topological polar surface area (TPSA) is 65.6 Å². The fraction of sp³-hybridized carbons (Fsp3) is 0.238. The van der Waals surface area contributed by atoms with Crippen LogP contribution in [0.15, 0.2) is 54.6 Å². The molecule has 1 saturated heterocycles. The Morgan fingerprint density at radius 1 is 0.964 bits per heavy atom. The molecule has 0 saturated carbocycles. The number of nitrogens with one attached hydrogen (secondary N) is 1. The van der Waals surface area contributed by atoms with Gasteiger partial charge >= 0.3 is 0 Å². The smallest absolute Gasteiger partial charge is 0.270 e. The van der Waals surface area contributed by atoms with Gasteiger partial charge < -0.3 is 19.5 Å². The fourth-order valence-corrected chi connectivity index (χ4v) is 3.41. The SMILES string of the molecule is O=C(COc1ccc(Cl)cc1)N1CCN(C(=O)c2cc3ccccc3[nH]2)CC1. The van der Waals surface area contributed by atoms with Crippen molar-refractivity contribution in [1.82, 2.24) is 14.8 Å². The standard InChI is InChI=1S/C21H20ClN3O3/c22-16-5-7-17(8-6-16)28-14-20(26)24-9-11-25(12-10-24)21(27)19-13-15-3-1-2-4-18(15)23-19/h1-8,13,23H,9-12,14H2. The zero-order chi connectivity index (χ0) is 19.5. The van der Waals surface area contributed by atoms with Gasteiger partial charge in [0.25, 0.3) is 11.8 Å². The molecule has 0 radical (unpaired) electrons. The number of carbonyl (C=O) groups excluding carboxylic acids is 2. The summed E-state index contributed by atoms with van der Waals surface area (Å²) in [4.78, 5) is 31.8. The average Bonchev–Trinajstić information content (AvgIpc) is 3.17. The third kappa shape index (κ3) is 3.97. The van der Waals surface area contributed by atoms with Crippen LogP contribution in [0.3, 0.4) is 0 Å². The van der Waals surface area contributed by atoms with Crippen LogP contribution in [-0.4, -0.2) is 59.4 Å². The minimum atomic E-state index is -0.0901. The molecule has 0 atom stereocenters. The second-order valence-corrected chi connectivity index (χ2v) is 7.12. The van der Waals surface area contributed by atoms with Gasteiger partial charge in [-0.2, -0.15) is 0 Å². The van der Waals surface area contributed by atoms with Crippen LogP contribution in [0.1, 0.15) is 10.5 Å². The lowest BCUT2D eigenvalue weighted by Crippen LogP contribution is -2.51. The van der Waals surface area contributed by atoms with Gasteiger partial charge in [0, 0.05) is 42.1 Å². The normalized spacial score (nSPS) is 14.3. The molecule has 7 heteroatoms. The highest BCUT2D eigenvalue weighted by molar-refractivity contribution is 6.30. The van der Waals surface area contributed by atoms with Crippen LogP contribution < -0.4 is 4.74 Å². The third-order valence-electron chi connectivity index (χ3n) is 4.86. The van der Waals surface area contributed by atoms with E-state index >= 15 is 0 Å². The quantitative estimate of drug-likeness (QED) is 0.735. The number of H-pyrrole nitrogens is 1. The summed E-state index contributed by atoms with van der Waals surface area (Å²) in [6, 6.07) is 16.6. The van der Waals surface area contributed by atoms with Crippen molar-refractivity contribution in [2.24, 2.45) is 0 Å². The molecular weight excluding hydrogens is 378 g/mol. The van der Waals surface area contributed by atoms with Crippen molar-refractivity contribution < 1.29 is 14.3 Å².